The molecule has 0 aliphatic heterocycles. The number of nitrogens with zero attached hydrogens (tertiary/aromatic N) is 2. The molecule has 1 amide bonds. The van der Waals surface area contributed by atoms with Crippen LogP contribution in [0.5, 0.6) is 0 Å². The number of hydrogen-bond donors (Lipinski definition) is 17. The molecule has 0 heterocycles. The van der Waals surface area contributed by atoms with Crippen molar-refractivity contribution >= 4 is 24.2 Å². The van der Waals surface area contributed by atoms with E-state index < -0.39 is 150 Å². The molecule has 0 aromatic rings. The Morgan fingerprint density at radius 1 is 0.347 bits per heavy atom. The van der Waals surface area contributed by atoms with Gasteiger partial charge in [-0.3, -0.25) is 4.79 Å². The number of aliphatic hydroxyl groups excluding tert-OH is 16. The fraction of sp³-hybridized carbons (Fsp3) is 0.915. The quantitative estimate of drug-likeness (QED) is 0.0117. The number of unbranched alkanes of at least 4 members (excludes halogenated alkanes) is 7. The SMILES string of the molecule is O=C(CCCCCCCNC(=O)OCC(CO)(CO)COCC(CO)(CO)CO)OCC(CO)(CO)COCC(CO)(CO)CO.O=C=NCCCCCCN=C=O.OCC(CO)(CO)COCC(CO)(CO)CO. The van der Waals surface area contributed by atoms with Crippen molar-refractivity contribution in [3.05, 3.63) is 0 Å². The Hall–Kier alpha value is -3.26. The molecule has 0 saturated heterocycles. The van der Waals surface area contributed by atoms with Gasteiger partial charge in [-0.15, -0.1) is 0 Å². The number of amides is 1. The lowest BCUT2D eigenvalue weighted by Crippen LogP contribution is -2.44. The first-order chi connectivity index (χ1) is 36.0. The highest BCUT2D eigenvalue weighted by molar-refractivity contribution is 5.69. The monoisotopic (exact) mass is 1100 g/mol. The van der Waals surface area contributed by atoms with Crippen LogP contribution in [0.1, 0.15) is 64.2 Å². The molecule has 0 rings (SSSR count). The number of rotatable bonds is 47. The molecule has 75 heavy (non-hydrogen) atoms. The van der Waals surface area contributed by atoms with Crippen LogP contribution in [-0.2, 0) is 38.1 Å². The van der Waals surface area contributed by atoms with E-state index in [-0.39, 0.29) is 59.3 Å². The van der Waals surface area contributed by atoms with Crippen LogP contribution < -0.4 is 5.32 Å². The molecule has 17 N–H and O–H groups in total. The summed E-state index contributed by atoms with van der Waals surface area (Å²) in [7, 11) is 0. The van der Waals surface area contributed by atoms with Gasteiger partial charge in [0.1, 0.15) is 13.2 Å². The summed E-state index contributed by atoms with van der Waals surface area (Å²) < 4.78 is 26.3. The zero-order valence-electron chi connectivity index (χ0n) is 43.4. The summed E-state index contributed by atoms with van der Waals surface area (Å²) in [4.78, 5) is 50.3. The molecular weight excluding hydrogens is 1010 g/mol. The summed E-state index contributed by atoms with van der Waals surface area (Å²) in [6.45, 7) is -8.73. The second kappa shape index (κ2) is 46.8. The van der Waals surface area contributed by atoms with Gasteiger partial charge in [0, 0.05) is 13.0 Å². The Labute approximate surface area is 438 Å². The highest BCUT2D eigenvalue weighted by Crippen LogP contribution is 2.24. The van der Waals surface area contributed by atoms with Crippen molar-refractivity contribution in [3.8, 4) is 0 Å². The number of isocyanates is 2. The lowest BCUT2D eigenvalue weighted by atomic mass is 9.90. The zero-order valence-corrected chi connectivity index (χ0v) is 43.4. The van der Waals surface area contributed by atoms with Gasteiger partial charge in [-0.05, 0) is 25.7 Å². The van der Waals surface area contributed by atoms with Crippen LogP contribution in [0, 0.1) is 32.5 Å². The third-order valence-corrected chi connectivity index (χ3v) is 12.1. The Balaban J connectivity index is -0.00000144. The predicted octanol–water partition coefficient (Wildman–Crippen LogP) is -5.35. The molecule has 28 nitrogen and oxygen atoms in total. The van der Waals surface area contributed by atoms with E-state index in [0.717, 1.165) is 38.5 Å². The van der Waals surface area contributed by atoms with Crippen molar-refractivity contribution in [2.45, 2.75) is 64.2 Å². The topological polar surface area (TPSA) is 475 Å². The summed E-state index contributed by atoms with van der Waals surface area (Å²) in [6, 6.07) is 0. The van der Waals surface area contributed by atoms with E-state index in [1.807, 2.05) is 0 Å². The number of aliphatic hydroxyl groups is 16. The van der Waals surface area contributed by atoms with Gasteiger partial charge in [0.25, 0.3) is 0 Å². The highest BCUT2D eigenvalue weighted by Gasteiger charge is 2.37. The second-order valence-electron chi connectivity index (χ2n) is 19.0. The largest absolute Gasteiger partial charge is 0.465 e. The van der Waals surface area contributed by atoms with Crippen molar-refractivity contribution in [2.24, 2.45) is 42.5 Å². The normalized spacial score (nSPS) is 12.1. The molecule has 0 fully saturated rings. The van der Waals surface area contributed by atoms with E-state index in [1.165, 1.54) is 12.2 Å². The van der Waals surface area contributed by atoms with Crippen LogP contribution in [-0.4, -0.2) is 284 Å². The number of carbonyl (C=O) groups excluding carboxylic acids is 4. The first kappa shape index (κ1) is 76.0. The molecule has 0 atom stereocenters. The molecule has 0 unspecified atom stereocenters. The molecule has 0 aliphatic rings. The summed E-state index contributed by atoms with van der Waals surface area (Å²) >= 11 is 0. The molecular formula is C47H91N3O25. The van der Waals surface area contributed by atoms with Crippen LogP contribution >= 0.6 is 0 Å². The summed E-state index contributed by atoms with van der Waals surface area (Å²) in [5.74, 6) is -0.521. The standard InChI is InChI=1S/C29H57NO16.C10H22O7.C8H12N2O2/c31-8-26(9-32,10-33)18-43-20-28(14-37,15-38)22-45-24(41)6-4-2-1-3-5-7-30-25(42)46-23-29(16-39,17-40)21-44-19-27(11-34,12-35)13-36;11-1-9(2-12,3-13)7-17-8-10(4-14,5-15)6-16;11-7-9-5-3-1-2-4-6-10-8-12/h31-40H,1-23H2,(H,30,42);11-16H,1-8H2;1-6H2. The Kier molecular flexibility index (Phi) is 47.4. The molecule has 0 aliphatic carbocycles. The maximum atomic E-state index is 12.2. The van der Waals surface area contributed by atoms with Crippen molar-refractivity contribution in [3.63, 3.8) is 0 Å². The van der Waals surface area contributed by atoms with Crippen LogP contribution in [0.25, 0.3) is 0 Å². The summed E-state index contributed by atoms with van der Waals surface area (Å²) in [6.07, 6.45) is 9.53. The molecule has 444 valence electrons. The van der Waals surface area contributed by atoms with Gasteiger partial charge in [0.05, 0.1) is 191 Å². The van der Waals surface area contributed by atoms with Crippen LogP contribution in [0.4, 0.5) is 4.79 Å². The summed E-state index contributed by atoms with van der Waals surface area (Å²) in [5.41, 5.74) is -7.52. The number of nitrogens with one attached hydrogen (secondary N) is 1. The predicted molar refractivity (Wildman–Crippen MR) is 263 cm³/mol. The van der Waals surface area contributed by atoms with E-state index in [2.05, 4.69) is 15.3 Å². The number of alkyl carbamates (subject to hydrolysis) is 1. The molecule has 0 radical (unpaired) electrons. The van der Waals surface area contributed by atoms with Crippen LogP contribution in [0.2, 0.25) is 0 Å². The van der Waals surface area contributed by atoms with Crippen molar-refractivity contribution in [1.82, 2.24) is 5.32 Å². The molecule has 0 aromatic heterocycles. The first-order valence-electron chi connectivity index (χ1n) is 24.6. The van der Waals surface area contributed by atoms with Crippen molar-refractivity contribution < 1.29 is 125 Å². The minimum Gasteiger partial charge on any atom is -0.465 e. The third kappa shape index (κ3) is 32.9. The third-order valence-electron chi connectivity index (χ3n) is 12.1. The maximum Gasteiger partial charge on any atom is 0.407 e. The Morgan fingerprint density at radius 2 is 0.613 bits per heavy atom. The van der Waals surface area contributed by atoms with Gasteiger partial charge in [-0.2, -0.15) is 0 Å². The smallest absolute Gasteiger partial charge is 0.407 e. The van der Waals surface area contributed by atoms with Gasteiger partial charge in [-0.1, -0.05) is 32.1 Å². The van der Waals surface area contributed by atoms with Gasteiger partial charge in [-0.25, -0.2) is 24.4 Å². The maximum absolute atomic E-state index is 12.2. The van der Waals surface area contributed by atoms with Crippen LogP contribution in [0.15, 0.2) is 9.98 Å². The minimum absolute atomic E-state index is 0.114. The van der Waals surface area contributed by atoms with E-state index >= 15 is 0 Å². The average molecular weight is 1100 g/mol. The van der Waals surface area contributed by atoms with E-state index in [0.29, 0.717) is 38.9 Å². The van der Waals surface area contributed by atoms with Crippen molar-refractivity contribution in [2.75, 3.05) is 178 Å². The second-order valence-corrected chi connectivity index (χ2v) is 19.0. The first-order valence-corrected chi connectivity index (χ1v) is 24.6. The molecule has 0 bridgehead atoms. The molecule has 0 aromatic carbocycles. The van der Waals surface area contributed by atoms with Crippen LogP contribution in [0.3, 0.4) is 0 Å². The molecule has 0 spiro atoms. The van der Waals surface area contributed by atoms with Gasteiger partial charge >= 0.3 is 12.1 Å². The fourth-order valence-electron chi connectivity index (χ4n) is 5.67. The van der Waals surface area contributed by atoms with E-state index in [9.17, 15) is 70.2 Å². The molecule has 28 heteroatoms. The number of carbonyl (C=O) groups is 2. The van der Waals surface area contributed by atoms with Crippen molar-refractivity contribution in [1.29, 1.82) is 0 Å². The van der Waals surface area contributed by atoms with Gasteiger partial charge in [0.15, 0.2) is 0 Å². The average Bonchev–Trinajstić information content (AvgIpc) is 3.45. The number of ether oxygens (including phenoxy) is 5. The minimum atomic E-state index is -1.33. The number of esters is 1. The lowest BCUT2D eigenvalue weighted by Gasteiger charge is -2.32. The van der Waals surface area contributed by atoms with Gasteiger partial charge in [0.2, 0.25) is 12.2 Å². The highest BCUT2D eigenvalue weighted by atomic mass is 16.6. The summed E-state index contributed by atoms with van der Waals surface area (Å²) in [5, 5.41) is 152. The lowest BCUT2D eigenvalue weighted by molar-refractivity contribution is -0.154. The molecule has 0 saturated carbocycles. The van der Waals surface area contributed by atoms with Gasteiger partial charge < -0.3 is 111 Å². The Bertz CT molecular complexity index is 1320. The number of aliphatic imine (C=N–C) groups is 2. The zero-order chi connectivity index (χ0) is 57.4. The number of hydrogen-bond acceptors (Lipinski definition) is 27. The van der Waals surface area contributed by atoms with E-state index in [1.54, 1.807) is 0 Å². The van der Waals surface area contributed by atoms with E-state index in [4.69, 9.17) is 54.3 Å². The Morgan fingerprint density at radius 3 is 0.920 bits per heavy atom. The fourth-order valence-corrected chi connectivity index (χ4v) is 5.67.